The summed E-state index contributed by atoms with van der Waals surface area (Å²) in [6, 6.07) is 8.23. The minimum Gasteiger partial charge on any atom is -0.467 e. The van der Waals surface area contributed by atoms with Gasteiger partial charge in [0.15, 0.2) is 0 Å². The maximum atomic E-state index is 12.3. The molecule has 1 aromatic carbocycles. The second-order valence-corrected chi connectivity index (χ2v) is 14.3. The van der Waals surface area contributed by atoms with E-state index in [0.717, 1.165) is 5.56 Å². The normalized spacial score (nSPS) is 13.1. The largest absolute Gasteiger partial charge is 0.467 e. The first-order chi connectivity index (χ1) is 15.4. The lowest BCUT2D eigenvalue weighted by Gasteiger charge is -2.31. The quantitative estimate of drug-likeness (QED) is 0.287. The number of hydrogen-bond donors (Lipinski definition) is 3. The van der Waals surface area contributed by atoms with Crippen LogP contribution in [-0.4, -0.2) is 57.0 Å². The fourth-order valence-corrected chi connectivity index (χ4v) is 3.33. The molecule has 9 heteroatoms. The SMILES string of the molecule is COC(=O)[C@H](CC#C[Si](C)(C)C(C)(C)C)NC(=O)C[C@@H](O)CNC(=O)OCc1ccccc1. The van der Waals surface area contributed by atoms with Gasteiger partial charge in [-0.25, -0.2) is 9.59 Å². The van der Waals surface area contributed by atoms with Crippen molar-refractivity contribution >= 4 is 26.0 Å². The van der Waals surface area contributed by atoms with Crippen LogP contribution in [0.15, 0.2) is 30.3 Å². The minimum atomic E-state index is -1.85. The molecule has 0 bridgehead atoms. The lowest BCUT2D eigenvalue weighted by Crippen LogP contribution is -2.43. The number of methoxy groups -OCH3 is 1. The molecule has 0 aliphatic rings. The maximum Gasteiger partial charge on any atom is 0.407 e. The van der Waals surface area contributed by atoms with Crippen molar-refractivity contribution in [2.75, 3.05) is 13.7 Å². The van der Waals surface area contributed by atoms with Gasteiger partial charge in [-0.1, -0.05) is 64.2 Å². The Morgan fingerprint density at radius 1 is 1.15 bits per heavy atom. The van der Waals surface area contributed by atoms with Gasteiger partial charge in [-0.2, -0.15) is 0 Å². The Morgan fingerprint density at radius 3 is 2.36 bits per heavy atom. The average Bonchev–Trinajstić information content (AvgIpc) is 2.74. The summed E-state index contributed by atoms with van der Waals surface area (Å²) in [4.78, 5) is 36.1. The zero-order valence-corrected chi connectivity index (χ0v) is 21.4. The maximum absolute atomic E-state index is 12.3. The van der Waals surface area contributed by atoms with E-state index in [1.165, 1.54) is 7.11 Å². The van der Waals surface area contributed by atoms with Crippen molar-refractivity contribution in [2.24, 2.45) is 0 Å². The number of ether oxygens (including phenoxy) is 2. The monoisotopic (exact) mass is 476 g/mol. The van der Waals surface area contributed by atoms with Crippen LogP contribution in [0.5, 0.6) is 0 Å². The predicted molar refractivity (Wildman–Crippen MR) is 129 cm³/mol. The molecule has 0 spiro atoms. The highest BCUT2D eigenvalue weighted by Crippen LogP contribution is 2.35. The van der Waals surface area contributed by atoms with Gasteiger partial charge in [-0.05, 0) is 10.6 Å². The summed E-state index contributed by atoms with van der Waals surface area (Å²) in [6.07, 6.45) is -2.04. The predicted octanol–water partition coefficient (Wildman–Crippen LogP) is 2.76. The van der Waals surface area contributed by atoms with E-state index in [1.807, 2.05) is 30.3 Å². The summed E-state index contributed by atoms with van der Waals surface area (Å²) < 4.78 is 9.82. The van der Waals surface area contributed by atoms with Gasteiger partial charge in [0.25, 0.3) is 0 Å². The van der Waals surface area contributed by atoms with Crippen molar-refractivity contribution in [3.05, 3.63) is 35.9 Å². The molecule has 0 radical (unpaired) electrons. The number of carbonyl (C=O) groups excluding carboxylic acids is 3. The number of amides is 2. The summed E-state index contributed by atoms with van der Waals surface area (Å²) in [7, 11) is -0.612. The van der Waals surface area contributed by atoms with Gasteiger partial charge in [-0.3, -0.25) is 4.79 Å². The number of aliphatic hydroxyl groups is 1. The van der Waals surface area contributed by atoms with Crippen LogP contribution >= 0.6 is 0 Å². The van der Waals surface area contributed by atoms with E-state index in [4.69, 9.17) is 9.47 Å². The number of rotatable bonds is 9. The van der Waals surface area contributed by atoms with Crippen molar-refractivity contribution in [1.82, 2.24) is 10.6 Å². The molecule has 33 heavy (non-hydrogen) atoms. The van der Waals surface area contributed by atoms with Crippen LogP contribution in [0.1, 0.15) is 39.2 Å². The Bertz CT molecular complexity index is 855. The third-order valence-electron chi connectivity index (χ3n) is 5.52. The Kier molecular flexibility index (Phi) is 11.1. The topological polar surface area (TPSA) is 114 Å². The van der Waals surface area contributed by atoms with Crippen molar-refractivity contribution < 1.29 is 29.0 Å². The second kappa shape index (κ2) is 13.0. The molecule has 0 aliphatic carbocycles. The van der Waals surface area contributed by atoms with E-state index < -0.39 is 38.2 Å². The molecular weight excluding hydrogens is 440 g/mol. The van der Waals surface area contributed by atoms with Crippen molar-refractivity contribution in [3.63, 3.8) is 0 Å². The molecule has 1 aromatic rings. The number of benzene rings is 1. The summed E-state index contributed by atoms with van der Waals surface area (Å²) in [5, 5.41) is 15.1. The molecular formula is C24H36N2O6Si. The van der Waals surface area contributed by atoms with E-state index in [0.29, 0.717) is 0 Å². The Balaban J connectivity index is 2.51. The van der Waals surface area contributed by atoms with Crippen LogP contribution in [0.3, 0.4) is 0 Å². The number of hydrogen-bond acceptors (Lipinski definition) is 6. The molecule has 3 N–H and O–H groups in total. The van der Waals surface area contributed by atoms with Gasteiger partial charge < -0.3 is 25.2 Å². The molecule has 8 nitrogen and oxygen atoms in total. The first-order valence-electron chi connectivity index (χ1n) is 10.9. The zero-order chi connectivity index (χ0) is 25.1. The van der Waals surface area contributed by atoms with Gasteiger partial charge in [0.2, 0.25) is 5.91 Å². The highest BCUT2D eigenvalue weighted by molar-refractivity contribution is 6.87. The number of nitrogens with one attached hydrogen (secondary N) is 2. The summed E-state index contributed by atoms with van der Waals surface area (Å²) >= 11 is 0. The van der Waals surface area contributed by atoms with Crippen LogP contribution in [0, 0.1) is 11.5 Å². The second-order valence-electron chi connectivity index (χ2n) is 9.32. The first kappa shape index (κ1) is 28.2. The molecule has 0 fully saturated rings. The number of aliphatic hydroxyl groups excluding tert-OH is 1. The van der Waals surface area contributed by atoms with E-state index in [2.05, 4.69) is 56.0 Å². The minimum absolute atomic E-state index is 0.0728. The smallest absolute Gasteiger partial charge is 0.407 e. The molecule has 2 amide bonds. The van der Waals surface area contributed by atoms with E-state index in [9.17, 15) is 19.5 Å². The Hall–Kier alpha value is -2.83. The molecule has 0 heterocycles. The molecule has 2 atom stereocenters. The fourth-order valence-electron chi connectivity index (χ4n) is 2.41. The number of alkyl carbamates (subject to hydrolysis) is 1. The average molecular weight is 477 g/mol. The molecule has 0 saturated carbocycles. The zero-order valence-electron chi connectivity index (χ0n) is 20.4. The van der Waals surface area contributed by atoms with Gasteiger partial charge in [0, 0.05) is 13.0 Å². The van der Waals surface area contributed by atoms with Crippen LogP contribution < -0.4 is 10.6 Å². The highest BCUT2D eigenvalue weighted by atomic mass is 28.3. The van der Waals surface area contributed by atoms with Crippen LogP contribution in [0.2, 0.25) is 18.1 Å². The molecule has 0 saturated heterocycles. The van der Waals surface area contributed by atoms with Crippen molar-refractivity contribution in [2.45, 2.75) is 70.5 Å². The lowest BCUT2D eigenvalue weighted by molar-refractivity contribution is -0.145. The standard InChI is InChI=1S/C24H36N2O6Si/c1-24(2,3)33(5,6)14-10-13-20(22(29)31-4)26-21(28)15-19(27)16-25-23(30)32-17-18-11-8-7-9-12-18/h7-9,11-12,19-20,27H,13,15-17H2,1-6H3,(H,25,30)(H,26,28)/t19-,20+/m1/s1. The highest BCUT2D eigenvalue weighted by Gasteiger charge is 2.33. The molecule has 182 valence electrons. The summed E-state index contributed by atoms with van der Waals surface area (Å²) in [6.45, 7) is 10.6. The molecule has 0 unspecified atom stereocenters. The van der Waals surface area contributed by atoms with Crippen molar-refractivity contribution in [3.8, 4) is 11.5 Å². The van der Waals surface area contributed by atoms with Gasteiger partial charge >= 0.3 is 12.1 Å². The Labute approximate surface area is 197 Å². The number of esters is 1. The van der Waals surface area contributed by atoms with E-state index >= 15 is 0 Å². The van der Waals surface area contributed by atoms with Gasteiger partial charge in [0.05, 0.1) is 19.6 Å². The summed E-state index contributed by atoms with van der Waals surface area (Å²) in [5.74, 6) is 1.88. The number of carbonyl (C=O) groups is 3. The molecule has 0 aromatic heterocycles. The van der Waals surface area contributed by atoms with E-state index in [-0.39, 0.29) is 31.0 Å². The third kappa shape index (κ3) is 10.6. The van der Waals surface area contributed by atoms with Crippen molar-refractivity contribution in [1.29, 1.82) is 0 Å². The van der Waals surface area contributed by atoms with Crippen LogP contribution in [0.25, 0.3) is 0 Å². The first-order valence-corrected chi connectivity index (χ1v) is 13.9. The Morgan fingerprint density at radius 2 is 1.79 bits per heavy atom. The van der Waals surface area contributed by atoms with Gasteiger partial charge in [-0.15, -0.1) is 11.5 Å². The fraction of sp³-hybridized carbons (Fsp3) is 0.542. The van der Waals surface area contributed by atoms with Crippen LogP contribution in [-0.2, 0) is 25.7 Å². The summed E-state index contributed by atoms with van der Waals surface area (Å²) in [5.41, 5.74) is 4.13. The third-order valence-corrected chi connectivity index (χ3v) is 10.1. The molecule has 1 rings (SSSR count). The lowest BCUT2D eigenvalue weighted by atomic mass is 10.2. The van der Waals surface area contributed by atoms with Gasteiger partial charge in [0.1, 0.15) is 20.7 Å². The van der Waals surface area contributed by atoms with E-state index in [1.54, 1.807) is 0 Å². The molecule has 0 aliphatic heterocycles. The van der Waals surface area contributed by atoms with Crippen LogP contribution in [0.4, 0.5) is 4.79 Å².